The third kappa shape index (κ3) is 6.03. The van der Waals surface area contributed by atoms with Gasteiger partial charge in [-0.05, 0) is 109 Å². The zero-order chi connectivity index (χ0) is 24.9. The summed E-state index contributed by atoms with van der Waals surface area (Å²) in [6, 6.07) is 29.5. The molecular formula is C36H45S+. The van der Waals surface area contributed by atoms with E-state index >= 15 is 0 Å². The molecule has 6 rings (SSSR count). The predicted octanol–water partition coefficient (Wildman–Crippen LogP) is 10.9. The highest BCUT2D eigenvalue weighted by Crippen LogP contribution is 2.39. The Labute approximate surface area is 228 Å². The van der Waals surface area contributed by atoms with Gasteiger partial charge in [-0.3, -0.25) is 0 Å². The summed E-state index contributed by atoms with van der Waals surface area (Å²) in [5.74, 6) is 2.32. The van der Waals surface area contributed by atoms with Gasteiger partial charge in [-0.25, -0.2) is 0 Å². The Balaban J connectivity index is 1.29. The van der Waals surface area contributed by atoms with Gasteiger partial charge >= 0.3 is 0 Å². The first-order valence-corrected chi connectivity index (χ1v) is 16.6. The Morgan fingerprint density at radius 3 is 0.811 bits per heavy atom. The van der Waals surface area contributed by atoms with E-state index < -0.39 is 0 Å². The highest BCUT2D eigenvalue weighted by molar-refractivity contribution is 7.97. The summed E-state index contributed by atoms with van der Waals surface area (Å²) in [5.41, 5.74) is 4.69. The Hall–Kier alpha value is -1.99. The van der Waals surface area contributed by atoms with Crippen LogP contribution in [0.3, 0.4) is 0 Å². The van der Waals surface area contributed by atoms with E-state index in [1.807, 2.05) is 0 Å². The zero-order valence-corrected chi connectivity index (χ0v) is 23.5. The maximum atomic E-state index is 2.46. The fraction of sp³-hybridized carbons (Fsp3) is 0.500. The Kier molecular flexibility index (Phi) is 8.37. The first-order chi connectivity index (χ1) is 18.3. The molecular weight excluding hydrogens is 464 g/mol. The topological polar surface area (TPSA) is 0 Å². The molecule has 3 aliphatic rings. The van der Waals surface area contributed by atoms with Crippen LogP contribution in [0.5, 0.6) is 0 Å². The molecule has 0 aliphatic heterocycles. The first-order valence-electron chi connectivity index (χ1n) is 15.4. The molecule has 3 saturated carbocycles. The smallest absolute Gasteiger partial charge is 0.0537 e. The lowest BCUT2D eigenvalue weighted by molar-refractivity contribution is 0.443. The summed E-state index contributed by atoms with van der Waals surface area (Å²) >= 11 is 0. The largest absolute Gasteiger partial charge is 0.166 e. The number of benzene rings is 3. The average Bonchev–Trinajstić information content (AvgIpc) is 3.00. The molecule has 0 nitrogen and oxygen atoms in total. The molecule has 0 unspecified atom stereocenters. The molecule has 1 heteroatoms. The molecule has 0 aromatic heterocycles. The Bertz CT molecular complexity index is 947. The third-order valence-electron chi connectivity index (χ3n) is 9.58. The average molecular weight is 510 g/mol. The molecule has 37 heavy (non-hydrogen) atoms. The van der Waals surface area contributed by atoms with E-state index in [1.165, 1.54) is 111 Å². The standard InChI is InChI=1S/C36H45S/c1-4-10-28(11-5-1)31-16-22-34(23-17-31)37(35-24-18-32(19-25-35)29-12-6-2-7-13-29)36-26-20-33(21-27-36)30-14-8-3-9-15-30/h16-30H,1-15H2/q+1. The van der Waals surface area contributed by atoms with E-state index in [2.05, 4.69) is 72.8 Å². The van der Waals surface area contributed by atoms with Crippen molar-refractivity contribution < 1.29 is 0 Å². The highest BCUT2D eigenvalue weighted by atomic mass is 32.2. The van der Waals surface area contributed by atoms with Gasteiger partial charge in [0.2, 0.25) is 0 Å². The summed E-state index contributed by atoms with van der Waals surface area (Å²) < 4.78 is 0. The van der Waals surface area contributed by atoms with Crippen molar-refractivity contribution in [1.29, 1.82) is 0 Å². The van der Waals surface area contributed by atoms with Gasteiger partial charge in [-0.15, -0.1) is 0 Å². The van der Waals surface area contributed by atoms with Crippen LogP contribution in [0.1, 0.15) is 131 Å². The SMILES string of the molecule is c1cc([S+](c2ccc(C3CCCCC3)cc2)c2ccc(C3CCCCC3)cc2)ccc1C1CCCCC1. The molecule has 0 bridgehead atoms. The minimum atomic E-state index is -0.0542. The lowest BCUT2D eigenvalue weighted by Crippen LogP contribution is -2.09. The number of hydrogen-bond acceptors (Lipinski definition) is 0. The molecule has 3 aliphatic carbocycles. The second-order valence-electron chi connectivity index (χ2n) is 12.0. The molecule has 0 heterocycles. The maximum absolute atomic E-state index is 2.46. The second kappa shape index (κ2) is 12.2. The molecule has 0 spiro atoms. The van der Waals surface area contributed by atoms with E-state index in [1.54, 1.807) is 16.7 Å². The first kappa shape index (κ1) is 25.3. The van der Waals surface area contributed by atoms with Crippen LogP contribution in [0.2, 0.25) is 0 Å². The van der Waals surface area contributed by atoms with Crippen LogP contribution in [0, 0.1) is 0 Å². The minimum Gasteiger partial charge on any atom is -0.0537 e. The zero-order valence-electron chi connectivity index (χ0n) is 22.7. The van der Waals surface area contributed by atoms with Crippen molar-refractivity contribution in [1.82, 2.24) is 0 Å². The monoisotopic (exact) mass is 509 g/mol. The van der Waals surface area contributed by atoms with Crippen LogP contribution >= 0.6 is 0 Å². The third-order valence-corrected chi connectivity index (χ3v) is 11.8. The van der Waals surface area contributed by atoms with E-state index in [4.69, 9.17) is 0 Å². The normalized spacial score (nSPS) is 20.4. The molecule has 194 valence electrons. The van der Waals surface area contributed by atoms with Gasteiger partial charge in [0.1, 0.15) is 0 Å². The molecule has 3 fully saturated rings. The number of hydrogen-bond donors (Lipinski definition) is 0. The Morgan fingerprint density at radius 2 is 0.568 bits per heavy atom. The lowest BCUT2D eigenvalue weighted by Gasteiger charge is -2.23. The van der Waals surface area contributed by atoms with Crippen LogP contribution in [0.15, 0.2) is 87.5 Å². The fourth-order valence-corrected chi connectivity index (χ4v) is 9.39. The number of rotatable bonds is 6. The van der Waals surface area contributed by atoms with Crippen molar-refractivity contribution in [2.24, 2.45) is 0 Å². The lowest BCUT2D eigenvalue weighted by atomic mass is 9.84. The van der Waals surface area contributed by atoms with E-state index in [-0.39, 0.29) is 10.9 Å². The molecule has 0 atom stereocenters. The molecule has 3 aromatic carbocycles. The molecule has 0 radical (unpaired) electrons. The van der Waals surface area contributed by atoms with Gasteiger partial charge in [0.05, 0.1) is 10.9 Å². The summed E-state index contributed by atoms with van der Waals surface area (Å²) in [4.78, 5) is 4.40. The summed E-state index contributed by atoms with van der Waals surface area (Å²) in [7, 11) is -0.0542. The van der Waals surface area contributed by atoms with Crippen LogP contribution in [0.25, 0.3) is 0 Å². The molecule has 3 aromatic rings. The van der Waals surface area contributed by atoms with Crippen molar-refractivity contribution in [3.8, 4) is 0 Å². The van der Waals surface area contributed by atoms with E-state index in [0.717, 1.165) is 17.8 Å². The van der Waals surface area contributed by atoms with E-state index in [0.29, 0.717) is 0 Å². The van der Waals surface area contributed by atoms with Crippen LogP contribution in [-0.4, -0.2) is 0 Å². The van der Waals surface area contributed by atoms with Gasteiger partial charge in [0.15, 0.2) is 14.7 Å². The van der Waals surface area contributed by atoms with Crippen molar-refractivity contribution in [2.45, 2.75) is 129 Å². The quantitative estimate of drug-likeness (QED) is 0.290. The van der Waals surface area contributed by atoms with Crippen molar-refractivity contribution in [3.05, 3.63) is 89.5 Å². The van der Waals surface area contributed by atoms with Gasteiger partial charge in [0, 0.05) is 0 Å². The van der Waals surface area contributed by atoms with Gasteiger partial charge < -0.3 is 0 Å². The molecule has 0 amide bonds. The molecule has 0 N–H and O–H groups in total. The second-order valence-corrected chi connectivity index (χ2v) is 14.0. The van der Waals surface area contributed by atoms with Gasteiger partial charge in [0.25, 0.3) is 0 Å². The predicted molar refractivity (Wildman–Crippen MR) is 159 cm³/mol. The highest BCUT2D eigenvalue weighted by Gasteiger charge is 2.30. The fourth-order valence-electron chi connectivity index (χ4n) is 7.34. The summed E-state index contributed by atoms with van der Waals surface area (Å²) in [6.45, 7) is 0. The minimum absolute atomic E-state index is 0.0542. The maximum Gasteiger partial charge on any atom is 0.166 e. The van der Waals surface area contributed by atoms with Crippen LogP contribution in [0.4, 0.5) is 0 Å². The van der Waals surface area contributed by atoms with Gasteiger partial charge in [-0.1, -0.05) is 94.2 Å². The van der Waals surface area contributed by atoms with Crippen molar-refractivity contribution >= 4 is 10.9 Å². The van der Waals surface area contributed by atoms with Gasteiger partial charge in [-0.2, -0.15) is 0 Å². The Morgan fingerprint density at radius 1 is 0.324 bits per heavy atom. The van der Waals surface area contributed by atoms with Crippen LogP contribution in [-0.2, 0) is 10.9 Å². The molecule has 0 saturated heterocycles. The summed E-state index contributed by atoms with van der Waals surface area (Å²) in [5, 5.41) is 0. The summed E-state index contributed by atoms with van der Waals surface area (Å²) in [6.07, 6.45) is 20.9. The van der Waals surface area contributed by atoms with Crippen LogP contribution < -0.4 is 0 Å². The van der Waals surface area contributed by atoms with E-state index in [9.17, 15) is 0 Å². The van der Waals surface area contributed by atoms with Crippen molar-refractivity contribution in [2.75, 3.05) is 0 Å². The van der Waals surface area contributed by atoms with Crippen molar-refractivity contribution in [3.63, 3.8) is 0 Å².